The first-order chi connectivity index (χ1) is 15.3. The molecule has 2 heterocycles. The number of aliphatic hydroxyl groups is 1. The van der Waals surface area contributed by atoms with Crippen LogP contribution in [0.15, 0.2) is 66.5 Å². The molecule has 1 fully saturated rings. The summed E-state index contributed by atoms with van der Waals surface area (Å²) in [6.07, 6.45) is 3.09. The first-order valence-corrected chi connectivity index (χ1v) is 9.99. The summed E-state index contributed by atoms with van der Waals surface area (Å²) in [5, 5.41) is 21.7. The first-order valence-electron chi connectivity index (χ1n) is 9.99. The van der Waals surface area contributed by atoms with Crippen LogP contribution >= 0.6 is 0 Å². The molecular formula is C25H22N2O5. The highest BCUT2D eigenvalue weighted by Gasteiger charge is 2.47. The third kappa shape index (κ3) is 3.47. The number of nitrogens with zero attached hydrogens (tertiary/aromatic N) is 2. The summed E-state index contributed by atoms with van der Waals surface area (Å²) < 4.78 is 5.22. The van der Waals surface area contributed by atoms with Crippen molar-refractivity contribution in [1.29, 1.82) is 0 Å². The minimum absolute atomic E-state index is 0.0598. The molecule has 1 amide bonds. The molecule has 1 aromatic heterocycles. The number of aryl methyl sites for hydroxylation is 2. The fraction of sp³-hybridized carbons (Fsp3) is 0.160. The van der Waals surface area contributed by atoms with Crippen LogP contribution in [0.25, 0.3) is 5.76 Å². The third-order valence-electron chi connectivity index (χ3n) is 5.55. The Kier molecular flexibility index (Phi) is 5.40. The Balaban J connectivity index is 1.97. The van der Waals surface area contributed by atoms with E-state index >= 15 is 0 Å². The standard InChI is InChI=1S/C25H22N2O5/c1-14-4-7-20(28)19(12-14)27-22(16-8-10-26-11-9-16)21(24(30)25(27)31)23(29)18-6-5-17(32-3)13-15(18)2/h4-13,22,28-29H,1-3H3/b23-21-. The monoisotopic (exact) mass is 430 g/mol. The van der Waals surface area contributed by atoms with Gasteiger partial charge in [0.15, 0.2) is 0 Å². The Bertz CT molecular complexity index is 1250. The molecule has 3 aromatic rings. The van der Waals surface area contributed by atoms with E-state index in [1.807, 2.05) is 6.92 Å². The van der Waals surface area contributed by atoms with E-state index in [0.717, 1.165) is 5.56 Å². The van der Waals surface area contributed by atoms with Gasteiger partial charge >= 0.3 is 0 Å². The summed E-state index contributed by atoms with van der Waals surface area (Å²) >= 11 is 0. The highest BCUT2D eigenvalue weighted by Crippen LogP contribution is 2.45. The van der Waals surface area contributed by atoms with Gasteiger partial charge in [-0.25, -0.2) is 0 Å². The number of hydrogen-bond acceptors (Lipinski definition) is 6. The number of pyridine rings is 1. The van der Waals surface area contributed by atoms with Crippen molar-refractivity contribution in [2.24, 2.45) is 0 Å². The average Bonchev–Trinajstić information content (AvgIpc) is 3.06. The lowest BCUT2D eigenvalue weighted by Crippen LogP contribution is -2.29. The Morgan fingerprint density at radius 1 is 1.03 bits per heavy atom. The van der Waals surface area contributed by atoms with Gasteiger partial charge in [-0.15, -0.1) is 0 Å². The van der Waals surface area contributed by atoms with E-state index in [4.69, 9.17) is 4.74 Å². The number of Topliss-reactive ketones (excluding diaryl/α,β-unsaturated/α-hetero) is 1. The topological polar surface area (TPSA) is 100.0 Å². The van der Waals surface area contributed by atoms with Gasteiger partial charge in [0.2, 0.25) is 0 Å². The SMILES string of the molecule is COc1ccc(/C(O)=C2/C(=O)C(=O)N(c3cc(C)ccc3O)C2c2ccncc2)c(C)c1. The number of amides is 1. The number of carbonyl (C=O) groups is 2. The van der Waals surface area contributed by atoms with Crippen molar-refractivity contribution in [3.63, 3.8) is 0 Å². The van der Waals surface area contributed by atoms with E-state index in [2.05, 4.69) is 4.98 Å². The Labute approximate surface area is 185 Å². The van der Waals surface area contributed by atoms with Crippen molar-refractivity contribution >= 4 is 23.1 Å². The van der Waals surface area contributed by atoms with Gasteiger partial charge in [-0.1, -0.05) is 6.07 Å². The normalized spacial score (nSPS) is 17.6. The Hall–Kier alpha value is -4.13. The maximum atomic E-state index is 13.2. The minimum Gasteiger partial charge on any atom is -0.507 e. The molecule has 4 rings (SSSR count). The van der Waals surface area contributed by atoms with Crippen molar-refractivity contribution in [2.45, 2.75) is 19.9 Å². The van der Waals surface area contributed by atoms with Crippen LogP contribution in [0, 0.1) is 13.8 Å². The third-order valence-corrected chi connectivity index (χ3v) is 5.55. The second kappa shape index (κ2) is 8.19. The zero-order valence-corrected chi connectivity index (χ0v) is 17.9. The van der Waals surface area contributed by atoms with Crippen molar-refractivity contribution in [1.82, 2.24) is 4.98 Å². The van der Waals surface area contributed by atoms with Gasteiger partial charge in [0.25, 0.3) is 11.7 Å². The van der Waals surface area contributed by atoms with Crippen LogP contribution < -0.4 is 9.64 Å². The van der Waals surface area contributed by atoms with Gasteiger partial charge in [-0.3, -0.25) is 19.5 Å². The number of rotatable bonds is 4. The largest absolute Gasteiger partial charge is 0.507 e. The second-order valence-corrected chi connectivity index (χ2v) is 7.62. The van der Waals surface area contributed by atoms with Crippen LogP contribution in [0.4, 0.5) is 5.69 Å². The predicted molar refractivity (Wildman–Crippen MR) is 120 cm³/mol. The highest BCUT2D eigenvalue weighted by molar-refractivity contribution is 6.52. The van der Waals surface area contributed by atoms with Crippen molar-refractivity contribution < 1.29 is 24.5 Å². The maximum absolute atomic E-state index is 13.2. The van der Waals surface area contributed by atoms with E-state index in [1.165, 1.54) is 18.1 Å². The zero-order valence-electron chi connectivity index (χ0n) is 17.9. The number of ether oxygens (including phenoxy) is 1. The average molecular weight is 430 g/mol. The number of phenolic OH excluding ortho intramolecular Hbond substituents is 1. The highest BCUT2D eigenvalue weighted by atomic mass is 16.5. The smallest absolute Gasteiger partial charge is 0.300 e. The van der Waals surface area contributed by atoms with Gasteiger partial charge in [0.1, 0.15) is 17.3 Å². The molecule has 7 nitrogen and oxygen atoms in total. The van der Waals surface area contributed by atoms with Crippen molar-refractivity contribution in [3.8, 4) is 11.5 Å². The molecule has 2 aromatic carbocycles. The minimum atomic E-state index is -0.938. The molecule has 0 bridgehead atoms. The van der Waals surface area contributed by atoms with Crippen LogP contribution in [-0.2, 0) is 9.59 Å². The lowest BCUT2D eigenvalue weighted by Gasteiger charge is -2.26. The summed E-state index contributed by atoms with van der Waals surface area (Å²) in [5.74, 6) is -1.49. The molecule has 2 N–H and O–H groups in total. The second-order valence-electron chi connectivity index (χ2n) is 7.62. The number of aromatic hydroxyl groups is 1. The Morgan fingerprint density at radius 3 is 2.41 bits per heavy atom. The molecule has 162 valence electrons. The molecule has 1 unspecified atom stereocenters. The summed E-state index contributed by atoms with van der Waals surface area (Å²) in [6.45, 7) is 3.60. The number of aliphatic hydroxyl groups excluding tert-OH is 1. The molecular weight excluding hydrogens is 408 g/mol. The molecule has 32 heavy (non-hydrogen) atoms. The molecule has 0 spiro atoms. The van der Waals surface area contributed by atoms with Gasteiger partial charge < -0.3 is 14.9 Å². The molecule has 1 aliphatic heterocycles. The quantitative estimate of drug-likeness (QED) is 0.368. The molecule has 7 heteroatoms. The molecule has 0 saturated carbocycles. The van der Waals surface area contributed by atoms with Crippen LogP contribution in [0.5, 0.6) is 11.5 Å². The van der Waals surface area contributed by atoms with E-state index in [0.29, 0.717) is 22.4 Å². The number of phenols is 1. The van der Waals surface area contributed by atoms with Crippen LogP contribution in [-0.4, -0.2) is 34.0 Å². The number of methoxy groups -OCH3 is 1. The summed E-state index contributed by atoms with van der Waals surface area (Å²) in [6, 6.07) is 12.3. The molecule has 1 aliphatic rings. The number of hydrogen-bond donors (Lipinski definition) is 2. The van der Waals surface area contributed by atoms with E-state index in [-0.39, 0.29) is 22.8 Å². The lowest BCUT2D eigenvalue weighted by molar-refractivity contribution is -0.132. The van der Waals surface area contributed by atoms with Gasteiger partial charge in [0, 0.05) is 18.0 Å². The van der Waals surface area contributed by atoms with Crippen LogP contribution in [0.1, 0.15) is 28.3 Å². The molecule has 0 aliphatic carbocycles. The predicted octanol–water partition coefficient (Wildman–Crippen LogP) is 4.04. The van der Waals surface area contributed by atoms with E-state index in [9.17, 15) is 19.8 Å². The fourth-order valence-electron chi connectivity index (χ4n) is 3.94. The number of carbonyl (C=O) groups excluding carboxylic acids is 2. The molecule has 1 saturated heterocycles. The lowest BCUT2D eigenvalue weighted by atomic mass is 9.94. The van der Waals surface area contributed by atoms with Crippen molar-refractivity contribution in [2.75, 3.05) is 12.0 Å². The van der Waals surface area contributed by atoms with E-state index in [1.54, 1.807) is 61.8 Å². The Morgan fingerprint density at radius 2 is 1.75 bits per heavy atom. The molecule has 1 atom stereocenters. The summed E-state index contributed by atoms with van der Waals surface area (Å²) in [5.41, 5.74) is 2.61. The fourth-order valence-corrected chi connectivity index (χ4v) is 3.94. The molecule has 0 radical (unpaired) electrons. The summed E-state index contributed by atoms with van der Waals surface area (Å²) in [7, 11) is 1.54. The van der Waals surface area contributed by atoms with Crippen LogP contribution in [0.2, 0.25) is 0 Å². The zero-order chi connectivity index (χ0) is 23.0. The summed E-state index contributed by atoms with van der Waals surface area (Å²) in [4.78, 5) is 31.6. The van der Waals surface area contributed by atoms with Gasteiger partial charge in [-0.05, 0) is 73.0 Å². The van der Waals surface area contributed by atoms with Crippen LogP contribution in [0.3, 0.4) is 0 Å². The number of benzene rings is 2. The number of aromatic nitrogens is 1. The van der Waals surface area contributed by atoms with Gasteiger partial charge in [0.05, 0.1) is 24.4 Å². The first kappa shape index (κ1) is 21.1. The van der Waals surface area contributed by atoms with Gasteiger partial charge in [-0.2, -0.15) is 0 Å². The van der Waals surface area contributed by atoms with Crippen molar-refractivity contribution in [3.05, 3.63) is 88.8 Å². The number of ketones is 1. The maximum Gasteiger partial charge on any atom is 0.300 e. The number of anilines is 1. The van der Waals surface area contributed by atoms with E-state index < -0.39 is 17.7 Å².